The molecule has 1 N–H and O–H groups in total. The second kappa shape index (κ2) is 7.99. The minimum absolute atomic E-state index is 0.0559. The molecule has 1 heterocycles. The van der Waals surface area contributed by atoms with Crippen molar-refractivity contribution in [1.82, 2.24) is 10.2 Å². The fraction of sp³-hybridized carbons (Fsp3) is 0.562. The summed E-state index contributed by atoms with van der Waals surface area (Å²) in [6.45, 7) is 0.0561. The van der Waals surface area contributed by atoms with Gasteiger partial charge in [0.25, 0.3) is 12.3 Å². The standard InChI is InChI=1S/C16H16F8N2O/c17-13(18)8-26-3-1-12(2-4-26)25-14(27)9-5-10(15(19,20)21)7-11(6-9)16(22,23)24/h5-7,12-13H,1-4,8H2,(H,25,27). The fourth-order valence-electron chi connectivity index (χ4n) is 2.81. The van der Waals surface area contributed by atoms with E-state index >= 15 is 0 Å². The van der Waals surface area contributed by atoms with Gasteiger partial charge in [-0.05, 0) is 31.0 Å². The number of nitrogens with zero attached hydrogens (tertiary/aromatic N) is 1. The zero-order valence-electron chi connectivity index (χ0n) is 13.8. The molecule has 0 spiro atoms. The number of piperidine rings is 1. The van der Waals surface area contributed by atoms with E-state index in [0.29, 0.717) is 12.1 Å². The molecule has 1 saturated heterocycles. The predicted octanol–water partition coefficient (Wildman–Crippen LogP) is 4.18. The Morgan fingerprint density at radius 3 is 1.89 bits per heavy atom. The first kappa shape index (κ1) is 21.4. The average Bonchev–Trinajstić information content (AvgIpc) is 2.54. The summed E-state index contributed by atoms with van der Waals surface area (Å²) in [5, 5.41) is 2.38. The van der Waals surface area contributed by atoms with E-state index in [2.05, 4.69) is 5.32 Å². The predicted molar refractivity (Wildman–Crippen MR) is 79.4 cm³/mol. The molecule has 27 heavy (non-hydrogen) atoms. The van der Waals surface area contributed by atoms with Gasteiger partial charge >= 0.3 is 12.4 Å². The molecule has 0 saturated carbocycles. The normalized spacial score (nSPS) is 17.4. The first-order valence-electron chi connectivity index (χ1n) is 7.97. The number of hydrogen-bond acceptors (Lipinski definition) is 2. The highest BCUT2D eigenvalue weighted by Gasteiger charge is 2.37. The summed E-state index contributed by atoms with van der Waals surface area (Å²) in [5.41, 5.74) is -3.91. The number of amides is 1. The summed E-state index contributed by atoms with van der Waals surface area (Å²) in [6, 6.07) is 0.141. The van der Waals surface area contributed by atoms with Gasteiger partial charge in [0.1, 0.15) is 0 Å². The smallest absolute Gasteiger partial charge is 0.349 e. The molecule has 0 radical (unpaired) electrons. The summed E-state index contributed by atoms with van der Waals surface area (Å²) in [4.78, 5) is 13.6. The van der Waals surface area contributed by atoms with E-state index in [4.69, 9.17) is 0 Å². The Balaban J connectivity index is 2.12. The third kappa shape index (κ3) is 6.05. The van der Waals surface area contributed by atoms with Gasteiger partial charge in [0.2, 0.25) is 0 Å². The molecular weight excluding hydrogens is 388 g/mol. The molecule has 2 rings (SSSR count). The third-order valence-corrected chi connectivity index (χ3v) is 4.17. The number of carbonyl (C=O) groups excluding carboxylic acids is 1. The average molecular weight is 404 g/mol. The maximum absolute atomic E-state index is 12.8. The number of nitrogens with one attached hydrogen (secondary N) is 1. The monoisotopic (exact) mass is 404 g/mol. The van der Waals surface area contributed by atoms with Crippen LogP contribution >= 0.6 is 0 Å². The number of carbonyl (C=O) groups is 1. The van der Waals surface area contributed by atoms with E-state index in [-0.39, 0.29) is 32.0 Å². The van der Waals surface area contributed by atoms with Gasteiger partial charge in [0, 0.05) is 24.7 Å². The Hall–Kier alpha value is -1.91. The van der Waals surface area contributed by atoms with Crippen molar-refractivity contribution in [2.24, 2.45) is 0 Å². The molecule has 3 nitrogen and oxygen atoms in total. The summed E-state index contributed by atoms with van der Waals surface area (Å²) in [6.07, 6.45) is -12.1. The van der Waals surface area contributed by atoms with Crippen LogP contribution in [0.25, 0.3) is 0 Å². The first-order valence-corrected chi connectivity index (χ1v) is 7.97. The van der Waals surface area contributed by atoms with Crippen LogP contribution in [0.1, 0.15) is 34.3 Å². The highest BCUT2D eigenvalue weighted by Crippen LogP contribution is 2.36. The Morgan fingerprint density at radius 1 is 1.00 bits per heavy atom. The molecule has 1 aromatic carbocycles. The number of alkyl halides is 8. The Bertz CT molecular complexity index is 631. The first-order chi connectivity index (χ1) is 12.4. The third-order valence-electron chi connectivity index (χ3n) is 4.17. The van der Waals surface area contributed by atoms with Gasteiger partial charge in [-0.2, -0.15) is 26.3 Å². The zero-order chi connectivity index (χ0) is 20.4. The minimum atomic E-state index is -5.04. The van der Waals surface area contributed by atoms with Crippen molar-refractivity contribution in [2.75, 3.05) is 19.6 Å². The zero-order valence-corrected chi connectivity index (χ0v) is 13.8. The number of hydrogen-bond donors (Lipinski definition) is 1. The lowest BCUT2D eigenvalue weighted by molar-refractivity contribution is -0.143. The summed E-state index contributed by atoms with van der Waals surface area (Å²) in [5.74, 6) is -1.07. The largest absolute Gasteiger partial charge is 0.416 e. The molecule has 0 atom stereocenters. The van der Waals surface area contributed by atoms with Crippen molar-refractivity contribution in [2.45, 2.75) is 37.7 Å². The van der Waals surface area contributed by atoms with Crippen LogP contribution in [0.15, 0.2) is 18.2 Å². The summed E-state index contributed by atoms with van der Waals surface area (Å²) < 4.78 is 102. The van der Waals surface area contributed by atoms with Crippen LogP contribution in [-0.4, -0.2) is 42.9 Å². The lowest BCUT2D eigenvalue weighted by Gasteiger charge is -2.32. The lowest BCUT2D eigenvalue weighted by Crippen LogP contribution is -2.45. The Morgan fingerprint density at radius 2 is 1.48 bits per heavy atom. The molecule has 1 aliphatic rings. The molecule has 1 fully saturated rings. The highest BCUT2D eigenvalue weighted by molar-refractivity contribution is 5.94. The van der Waals surface area contributed by atoms with Gasteiger partial charge in [-0.15, -0.1) is 0 Å². The van der Waals surface area contributed by atoms with E-state index in [1.807, 2.05) is 0 Å². The summed E-state index contributed by atoms with van der Waals surface area (Å²) >= 11 is 0. The second-order valence-corrected chi connectivity index (χ2v) is 6.23. The SMILES string of the molecule is O=C(NC1CCN(CC(F)F)CC1)c1cc(C(F)(F)F)cc(C(F)(F)F)c1. The number of benzene rings is 1. The molecule has 0 bridgehead atoms. The van der Waals surface area contributed by atoms with Crippen LogP contribution in [0.4, 0.5) is 35.1 Å². The van der Waals surface area contributed by atoms with Crippen LogP contribution in [0.2, 0.25) is 0 Å². The quantitative estimate of drug-likeness (QED) is 0.764. The molecule has 152 valence electrons. The molecular formula is C16H16F8N2O. The van der Waals surface area contributed by atoms with Gasteiger partial charge in [-0.1, -0.05) is 0 Å². The van der Waals surface area contributed by atoms with Crippen molar-refractivity contribution in [1.29, 1.82) is 0 Å². The van der Waals surface area contributed by atoms with Crippen LogP contribution in [0, 0.1) is 0 Å². The molecule has 0 unspecified atom stereocenters. The van der Waals surface area contributed by atoms with Crippen LogP contribution in [0.5, 0.6) is 0 Å². The maximum atomic E-state index is 12.8. The molecule has 0 aromatic heterocycles. The van der Waals surface area contributed by atoms with Gasteiger partial charge in [0.15, 0.2) is 0 Å². The van der Waals surface area contributed by atoms with Crippen molar-refractivity contribution in [3.8, 4) is 0 Å². The van der Waals surface area contributed by atoms with E-state index in [0.717, 1.165) is 0 Å². The van der Waals surface area contributed by atoms with E-state index in [9.17, 15) is 39.9 Å². The molecule has 1 aromatic rings. The molecule has 0 aliphatic carbocycles. The number of likely N-dealkylation sites (tertiary alicyclic amines) is 1. The van der Waals surface area contributed by atoms with Crippen LogP contribution in [0.3, 0.4) is 0 Å². The van der Waals surface area contributed by atoms with Gasteiger partial charge in [-0.25, -0.2) is 8.78 Å². The number of rotatable bonds is 4. The van der Waals surface area contributed by atoms with Crippen molar-refractivity contribution in [3.63, 3.8) is 0 Å². The maximum Gasteiger partial charge on any atom is 0.416 e. The second-order valence-electron chi connectivity index (χ2n) is 6.23. The molecule has 1 aliphatic heterocycles. The molecule has 1 amide bonds. The van der Waals surface area contributed by atoms with E-state index in [1.54, 1.807) is 0 Å². The lowest BCUT2D eigenvalue weighted by atomic mass is 10.0. The topological polar surface area (TPSA) is 32.3 Å². The van der Waals surface area contributed by atoms with Gasteiger partial charge in [-0.3, -0.25) is 9.69 Å². The fourth-order valence-corrected chi connectivity index (χ4v) is 2.81. The van der Waals surface area contributed by atoms with Gasteiger partial charge < -0.3 is 5.32 Å². The van der Waals surface area contributed by atoms with Gasteiger partial charge in [0.05, 0.1) is 17.7 Å². The number of halogens is 8. The van der Waals surface area contributed by atoms with Crippen molar-refractivity contribution < 1.29 is 39.9 Å². The molecule has 11 heteroatoms. The van der Waals surface area contributed by atoms with E-state index in [1.165, 1.54) is 4.90 Å². The van der Waals surface area contributed by atoms with Crippen molar-refractivity contribution >= 4 is 5.91 Å². The van der Waals surface area contributed by atoms with Crippen LogP contribution < -0.4 is 5.32 Å². The highest BCUT2D eigenvalue weighted by atomic mass is 19.4. The van der Waals surface area contributed by atoms with Crippen molar-refractivity contribution in [3.05, 3.63) is 34.9 Å². The van der Waals surface area contributed by atoms with E-state index < -0.39 is 54.0 Å². The Labute approximate surface area is 149 Å². The minimum Gasteiger partial charge on any atom is -0.349 e. The summed E-state index contributed by atoms with van der Waals surface area (Å²) in [7, 11) is 0. The Kier molecular flexibility index (Phi) is 6.33. The van der Waals surface area contributed by atoms with Crippen LogP contribution in [-0.2, 0) is 12.4 Å².